The third-order valence-electron chi connectivity index (χ3n) is 4.73. The Morgan fingerprint density at radius 3 is 1.92 bits per heavy atom. The van der Waals surface area contributed by atoms with Crippen molar-refractivity contribution in [2.24, 2.45) is 5.92 Å². The molecule has 5 nitrogen and oxygen atoms in total. The molecule has 0 amide bonds. The minimum absolute atomic E-state index is 0.148. The molecule has 5 heteroatoms. The summed E-state index contributed by atoms with van der Waals surface area (Å²) >= 11 is 0. The number of ether oxygens (including phenoxy) is 2. The molecular formula is C21H38O5. The van der Waals surface area contributed by atoms with E-state index in [1.54, 1.807) is 0 Å². The lowest BCUT2D eigenvalue weighted by molar-refractivity contribution is -0.147. The van der Waals surface area contributed by atoms with Gasteiger partial charge in [0.25, 0.3) is 0 Å². The number of Topliss-reactive ketones (excluding diaryl/α,β-unsaturated/α-hetero) is 1. The Kier molecular flexibility index (Phi) is 16.1. The highest BCUT2D eigenvalue weighted by atomic mass is 16.5. The first-order valence-electron chi connectivity index (χ1n) is 10.2. The summed E-state index contributed by atoms with van der Waals surface area (Å²) in [7, 11) is 2.80. The topological polar surface area (TPSA) is 69.7 Å². The second kappa shape index (κ2) is 17.0. The molecule has 0 aromatic rings. The summed E-state index contributed by atoms with van der Waals surface area (Å²) in [6, 6.07) is 0. The highest BCUT2D eigenvalue weighted by Gasteiger charge is 2.21. The van der Waals surface area contributed by atoms with Crippen LogP contribution in [-0.4, -0.2) is 31.9 Å². The molecule has 0 fully saturated rings. The van der Waals surface area contributed by atoms with Crippen molar-refractivity contribution in [2.45, 2.75) is 96.8 Å². The zero-order chi connectivity index (χ0) is 19.6. The smallest absolute Gasteiger partial charge is 0.309 e. The Hall–Kier alpha value is -1.39. The lowest BCUT2D eigenvalue weighted by Crippen LogP contribution is -2.20. The van der Waals surface area contributed by atoms with E-state index in [4.69, 9.17) is 4.74 Å². The number of rotatable bonds is 17. The normalized spacial score (nSPS) is 11.8. The Morgan fingerprint density at radius 2 is 1.31 bits per heavy atom. The Labute approximate surface area is 159 Å². The molecule has 0 saturated heterocycles. The van der Waals surface area contributed by atoms with Crippen LogP contribution in [-0.2, 0) is 23.9 Å². The van der Waals surface area contributed by atoms with E-state index in [-0.39, 0.29) is 23.6 Å². The van der Waals surface area contributed by atoms with Crippen molar-refractivity contribution in [3.63, 3.8) is 0 Å². The van der Waals surface area contributed by atoms with E-state index < -0.39 is 0 Å². The Bertz CT molecular complexity index is 392. The van der Waals surface area contributed by atoms with Crippen LogP contribution in [0.2, 0.25) is 0 Å². The van der Waals surface area contributed by atoms with Gasteiger partial charge in [-0.3, -0.25) is 14.4 Å². The van der Waals surface area contributed by atoms with Crippen molar-refractivity contribution >= 4 is 17.7 Å². The first-order chi connectivity index (χ1) is 12.5. The lowest BCUT2D eigenvalue weighted by Gasteiger charge is -2.14. The van der Waals surface area contributed by atoms with Crippen LogP contribution in [0, 0.1) is 5.92 Å². The van der Waals surface area contributed by atoms with Gasteiger partial charge < -0.3 is 9.47 Å². The number of unbranched alkanes of at least 4 members (excludes halogenated alkanes) is 8. The fraction of sp³-hybridized carbons (Fsp3) is 0.857. The maximum Gasteiger partial charge on any atom is 0.309 e. The fourth-order valence-corrected chi connectivity index (χ4v) is 3.06. The predicted molar refractivity (Wildman–Crippen MR) is 103 cm³/mol. The van der Waals surface area contributed by atoms with Crippen LogP contribution in [0.5, 0.6) is 0 Å². The maximum absolute atomic E-state index is 12.1. The zero-order valence-corrected chi connectivity index (χ0v) is 17.0. The molecule has 0 bridgehead atoms. The maximum atomic E-state index is 12.1. The van der Waals surface area contributed by atoms with Crippen molar-refractivity contribution in [1.82, 2.24) is 0 Å². The van der Waals surface area contributed by atoms with Crippen LogP contribution in [0.1, 0.15) is 96.8 Å². The molecule has 0 N–H and O–H groups in total. The summed E-state index contributed by atoms with van der Waals surface area (Å²) in [5.41, 5.74) is 0. The van der Waals surface area contributed by atoms with Gasteiger partial charge in [-0.15, -0.1) is 0 Å². The third kappa shape index (κ3) is 13.9. The number of ketones is 1. The largest absolute Gasteiger partial charge is 0.469 e. The number of carbonyl (C=O) groups excluding carboxylic acids is 3. The molecule has 1 unspecified atom stereocenters. The van der Waals surface area contributed by atoms with E-state index in [1.807, 2.05) is 0 Å². The van der Waals surface area contributed by atoms with Crippen LogP contribution in [0.3, 0.4) is 0 Å². The quantitative estimate of drug-likeness (QED) is 0.266. The van der Waals surface area contributed by atoms with Crippen LogP contribution < -0.4 is 0 Å². The first kappa shape index (κ1) is 24.6. The zero-order valence-electron chi connectivity index (χ0n) is 17.0. The standard InChI is InChI=1S/C21H38O5/c1-4-5-6-12-15-19(22)17-18(21(24)26-3)14-11-9-7-8-10-13-16-20(23)25-2/h18H,4-17H2,1-3H3. The molecule has 0 aromatic carbocycles. The number of methoxy groups -OCH3 is 2. The Balaban J connectivity index is 3.88. The summed E-state index contributed by atoms with van der Waals surface area (Å²) in [4.78, 5) is 35.0. The molecule has 0 aliphatic carbocycles. The van der Waals surface area contributed by atoms with Gasteiger partial charge in [0.05, 0.1) is 20.1 Å². The molecule has 152 valence electrons. The van der Waals surface area contributed by atoms with E-state index in [0.717, 1.165) is 70.6 Å². The SMILES string of the molecule is CCCCCCC(=O)CC(CCCCCCCCC(=O)OC)C(=O)OC. The van der Waals surface area contributed by atoms with Gasteiger partial charge in [-0.1, -0.05) is 58.3 Å². The number of hydrogen-bond donors (Lipinski definition) is 0. The fourth-order valence-electron chi connectivity index (χ4n) is 3.06. The summed E-state index contributed by atoms with van der Waals surface area (Å²) in [5.74, 6) is -0.521. The summed E-state index contributed by atoms with van der Waals surface area (Å²) < 4.78 is 9.48. The van der Waals surface area contributed by atoms with Gasteiger partial charge in [0.15, 0.2) is 0 Å². The van der Waals surface area contributed by atoms with Gasteiger partial charge in [-0.05, 0) is 19.3 Å². The summed E-state index contributed by atoms with van der Waals surface area (Å²) in [6.07, 6.45) is 12.4. The predicted octanol–water partition coefficient (Wildman–Crippen LogP) is 5.00. The summed E-state index contributed by atoms with van der Waals surface area (Å²) in [6.45, 7) is 2.15. The molecule has 0 heterocycles. The van der Waals surface area contributed by atoms with Crippen molar-refractivity contribution in [3.8, 4) is 0 Å². The van der Waals surface area contributed by atoms with Crippen molar-refractivity contribution in [3.05, 3.63) is 0 Å². The molecule has 0 rings (SSSR count). The van der Waals surface area contributed by atoms with Gasteiger partial charge in [0.2, 0.25) is 0 Å². The molecule has 0 aliphatic heterocycles. The monoisotopic (exact) mass is 370 g/mol. The van der Waals surface area contributed by atoms with Gasteiger partial charge in [-0.2, -0.15) is 0 Å². The lowest BCUT2D eigenvalue weighted by atomic mass is 9.93. The molecule has 26 heavy (non-hydrogen) atoms. The molecule has 0 aliphatic rings. The number of hydrogen-bond acceptors (Lipinski definition) is 5. The molecule has 1 atom stereocenters. The Morgan fingerprint density at radius 1 is 0.731 bits per heavy atom. The van der Waals surface area contributed by atoms with E-state index in [0.29, 0.717) is 19.3 Å². The second-order valence-electron chi connectivity index (χ2n) is 7.01. The minimum atomic E-state index is -0.294. The van der Waals surface area contributed by atoms with Crippen LogP contribution in [0.4, 0.5) is 0 Å². The third-order valence-corrected chi connectivity index (χ3v) is 4.73. The van der Waals surface area contributed by atoms with Crippen LogP contribution in [0.15, 0.2) is 0 Å². The van der Waals surface area contributed by atoms with Gasteiger partial charge in [0.1, 0.15) is 5.78 Å². The second-order valence-corrected chi connectivity index (χ2v) is 7.01. The van der Waals surface area contributed by atoms with E-state index in [9.17, 15) is 14.4 Å². The van der Waals surface area contributed by atoms with Crippen molar-refractivity contribution in [1.29, 1.82) is 0 Å². The van der Waals surface area contributed by atoms with Gasteiger partial charge in [0, 0.05) is 19.3 Å². The molecule has 0 spiro atoms. The first-order valence-corrected chi connectivity index (χ1v) is 10.2. The summed E-state index contributed by atoms with van der Waals surface area (Å²) in [5, 5.41) is 0. The molecular weight excluding hydrogens is 332 g/mol. The molecule has 0 aromatic heterocycles. The number of carbonyl (C=O) groups is 3. The van der Waals surface area contributed by atoms with E-state index in [2.05, 4.69) is 11.7 Å². The van der Waals surface area contributed by atoms with E-state index in [1.165, 1.54) is 14.2 Å². The molecule has 0 saturated carbocycles. The van der Waals surface area contributed by atoms with Crippen molar-refractivity contribution < 1.29 is 23.9 Å². The number of esters is 2. The minimum Gasteiger partial charge on any atom is -0.469 e. The van der Waals surface area contributed by atoms with Crippen molar-refractivity contribution in [2.75, 3.05) is 14.2 Å². The van der Waals surface area contributed by atoms with Crippen LogP contribution in [0.25, 0.3) is 0 Å². The highest BCUT2D eigenvalue weighted by Crippen LogP contribution is 2.19. The van der Waals surface area contributed by atoms with Gasteiger partial charge in [-0.25, -0.2) is 0 Å². The van der Waals surface area contributed by atoms with Gasteiger partial charge >= 0.3 is 11.9 Å². The average molecular weight is 371 g/mol. The highest BCUT2D eigenvalue weighted by molar-refractivity contribution is 5.84. The molecule has 0 radical (unpaired) electrons. The van der Waals surface area contributed by atoms with Crippen LogP contribution >= 0.6 is 0 Å². The average Bonchev–Trinajstić information content (AvgIpc) is 2.65. The van der Waals surface area contributed by atoms with E-state index >= 15 is 0 Å².